The number of hydrogen-bond acceptors (Lipinski definition) is 1. The van der Waals surface area contributed by atoms with E-state index < -0.39 is 0 Å². The minimum absolute atomic E-state index is 0.176. The molecule has 4 rings (SSSR count). The van der Waals surface area contributed by atoms with Gasteiger partial charge in [0.25, 0.3) is 0 Å². The second kappa shape index (κ2) is 5.43. The van der Waals surface area contributed by atoms with E-state index in [-0.39, 0.29) is 5.82 Å². The van der Waals surface area contributed by atoms with Gasteiger partial charge < -0.3 is 9.30 Å². The van der Waals surface area contributed by atoms with E-state index in [0.717, 1.165) is 22.0 Å². The molecular formula is C20H16FNO. The molecule has 0 aliphatic rings. The number of hydrogen-bond donors (Lipinski definition) is 0. The molecule has 0 amide bonds. The van der Waals surface area contributed by atoms with Crippen LogP contribution in [0.3, 0.4) is 0 Å². The first kappa shape index (κ1) is 13.8. The number of methoxy groups -OCH3 is 1. The van der Waals surface area contributed by atoms with E-state index in [0.29, 0.717) is 11.9 Å². The zero-order valence-electron chi connectivity index (χ0n) is 12.8. The van der Waals surface area contributed by atoms with Gasteiger partial charge in [0.05, 0.1) is 12.6 Å². The highest BCUT2D eigenvalue weighted by Gasteiger charge is 2.07. The summed E-state index contributed by atoms with van der Waals surface area (Å²) >= 11 is 0. The summed E-state index contributed by atoms with van der Waals surface area (Å²) in [5, 5.41) is 2.90. The largest absolute Gasteiger partial charge is 0.496 e. The van der Waals surface area contributed by atoms with Crippen molar-refractivity contribution in [3.63, 3.8) is 0 Å². The Kier molecular flexibility index (Phi) is 3.27. The van der Waals surface area contributed by atoms with Crippen molar-refractivity contribution >= 4 is 21.7 Å². The van der Waals surface area contributed by atoms with Crippen molar-refractivity contribution in [2.24, 2.45) is 0 Å². The lowest BCUT2D eigenvalue weighted by atomic mass is 10.1. The standard InChI is InChI=1S/C20H16FNO/c1-23-20-7-2-4-15-12-14(8-9-16(15)20)13-22-11-10-17-18(21)5-3-6-19(17)22/h2-12H,13H2,1H3. The van der Waals surface area contributed by atoms with Crippen molar-refractivity contribution in [2.75, 3.05) is 7.11 Å². The van der Waals surface area contributed by atoms with Gasteiger partial charge in [-0.1, -0.05) is 30.3 Å². The van der Waals surface area contributed by atoms with Crippen LogP contribution in [0.1, 0.15) is 5.56 Å². The van der Waals surface area contributed by atoms with E-state index in [1.807, 2.05) is 30.5 Å². The highest BCUT2D eigenvalue weighted by atomic mass is 19.1. The molecule has 0 radical (unpaired) electrons. The molecule has 0 spiro atoms. The van der Waals surface area contributed by atoms with Crippen LogP contribution in [0, 0.1) is 5.82 Å². The van der Waals surface area contributed by atoms with Gasteiger partial charge in [-0.25, -0.2) is 4.39 Å². The lowest BCUT2D eigenvalue weighted by Crippen LogP contribution is -1.98. The fraction of sp³-hybridized carbons (Fsp3) is 0.100. The number of halogens is 1. The van der Waals surface area contributed by atoms with Gasteiger partial charge in [-0.15, -0.1) is 0 Å². The molecule has 0 saturated heterocycles. The zero-order chi connectivity index (χ0) is 15.8. The summed E-state index contributed by atoms with van der Waals surface area (Å²) in [5.41, 5.74) is 2.09. The third kappa shape index (κ3) is 2.34. The minimum atomic E-state index is -0.176. The average Bonchev–Trinajstić information content (AvgIpc) is 2.98. The molecule has 0 atom stereocenters. The topological polar surface area (TPSA) is 14.2 Å². The third-order valence-corrected chi connectivity index (χ3v) is 4.24. The molecule has 3 heteroatoms. The van der Waals surface area contributed by atoms with Crippen LogP contribution in [0.2, 0.25) is 0 Å². The number of fused-ring (bicyclic) bond motifs is 2. The molecule has 2 nitrogen and oxygen atoms in total. The van der Waals surface area contributed by atoms with Crippen molar-refractivity contribution in [1.82, 2.24) is 4.57 Å². The zero-order valence-corrected chi connectivity index (χ0v) is 12.8. The molecule has 0 aliphatic heterocycles. The normalized spacial score (nSPS) is 11.2. The number of aromatic nitrogens is 1. The molecule has 23 heavy (non-hydrogen) atoms. The van der Waals surface area contributed by atoms with Gasteiger partial charge in [-0.2, -0.15) is 0 Å². The monoisotopic (exact) mass is 305 g/mol. The Morgan fingerprint density at radius 2 is 1.83 bits per heavy atom. The first-order valence-electron chi connectivity index (χ1n) is 7.55. The molecule has 3 aromatic carbocycles. The van der Waals surface area contributed by atoms with E-state index in [1.54, 1.807) is 13.2 Å². The third-order valence-electron chi connectivity index (χ3n) is 4.24. The maximum absolute atomic E-state index is 13.8. The lowest BCUT2D eigenvalue weighted by molar-refractivity contribution is 0.420. The van der Waals surface area contributed by atoms with Crippen LogP contribution in [-0.4, -0.2) is 11.7 Å². The van der Waals surface area contributed by atoms with Crippen LogP contribution in [0.25, 0.3) is 21.7 Å². The van der Waals surface area contributed by atoms with Crippen LogP contribution in [0.4, 0.5) is 4.39 Å². The number of nitrogens with zero attached hydrogens (tertiary/aromatic N) is 1. The van der Waals surface area contributed by atoms with Gasteiger partial charge in [-0.3, -0.25) is 0 Å². The number of ether oxygens (including phenoxy) is 1. The summed E-state index contributed by atoms with van der Waals surface area (Å²) < 4.78 is 21.3. The van der Waals surface area contributed by atoms with Crippen molar-refractivity contribution in [3.8, 4) is 5.75 Å². The minimum Gasteiger partial charge on any atom is -0.496 e. The van der Waals surface area contributed by atoms with Gasteiger partial charge in [0.15, 0.2) is 0 Å². The molecule has 0 aliphatic carbocycles. The van der Waals surface area contributed by atoms with E-state index >= 15 is 0 Å². The smallest absolute Gasteiger partial charge is 0.132 e. The van der Waals surface area contributed by atoms with Crippen LogP contribution in [0.5, 0.6) is 5.75 Å². The Labute approximate surface area is 133 Å². The fourth-order valence-corrected chi connectivity index (χ4v) is 3.10. The lowest BCUT2D eigenvalue weighted by Gasteiger charge is -2.09. The van der Waals surface area contributed by atoms with E-state index in [9.17, 15) is 4.39 Å². The maximum atomic E-state index is 13.8. The van der Waals surface area contributed by atoms with Gasteiger partial charge in [-0.05, 0) is 41.3 Å². The van der Waals surface area contributed by atoms with Crippen LogP contribution < -0.4 is 4.74 Å². The molecule has 1 heterocycles. The Morgan fingerprint density at radius 1 is 0.957 bits per heavy atom. The Balaban J connectivity index is 1.76. The molecular weight excluding hydrogens is 289 g/mol. The first-order chi connectivity index (χ1) is 11.3. The summed E-state index contributed by atoms with van der Waals surface area (Å²) in [7, 11) is 1.68. The second-order valence-corrected chi connectivity index (χ2v) is 5.63. The molecule has 1 aromatic heterocycles. The average molecular weight is 305 g/mol. The molecule has 0 N–H and O–H groups in total. The van der Waals surface area contributed by atoms with E-state index in [2.05, 4.69) is 28.8 Å². The van der Waals surface area contributed by atoms with E-state index in [4.69, 9.17) is 4.74 Å². The van der Waals surface area contributed by atoms with Crippen molar-refractivity contribution in [3.05, 3.63) is 78.2 Å². The predicted molar refractivity (Wildman–Crippen MR) is 91.5 cm³/mol. The van der Waals surface area contributed by atoms with Gasteiger partial charge in [0, 0.05) is 23.5 Å². The van der Waals surface area contributed by atoms with Gasteiger partial charge in [0.2, 0.25) is 0 Å². The van der Waals surface area contributed by atoms with Crippen LogP contribution in [-0.2, 0) is 6.54 Å². The van der Waals surface area contributed by atoms with Gasteiger partial charge in [0.1, 0.15) is 11.6 Å². The fourth-order valence-electron chi connectivity index (χ4n) is 3.10. The highest BCUT2D eigenvalue weighted by Crippen LogP contribution is 2.27. The van der Waals surface area contributed by atoms with Crippen molar-refractivity contribution in [2.45, 2.75) is 6.54 Å². The summed E-state index contributed by atoms with van der Waals surface area (Å²) in [4.78, 5) is 0. The van der Waals surface area contributed by atoms with E-state index in [1.165, 1.54) is 11.6 Å². The quantitative estimate of drug-likeness (QED) is 0.520. The van der Waals surface area contributed by atoms with Crippen molar-refractivity contribution < 1.29 is 9.13 Å². The Morgan fingerprint density at radius 3 is 2.70 bits per heavy atom. The first-order valence-corrected chi connectivity index (χ1v) is 7.55. The highest BCUT2D eigenvalue weighted by molar-refractivity contribution is 5.89. The van der Waals surface area contributed by atoms with Crippen molar-refractivity contribution in [1.29, 1.82) is 0 Å². The second-order valence-electron chi connectivity index (χ2n) is 5.63. The van der Waals surface area contributed by atoms with Crippen LogP contribution in [0.15, 0.2) is 66.9 Å². The predicted octanol–water partition coefficient (Wildman–Crippen LogP) is 4.99. The summed E-state index contributed by atoms with van der Waals surface area (Å²) in [6.45, 7) is 0.708. The molecule has 0 saturated carbocycles. The Bertz CT molecular complexity index is 1000. The summed E-state index contributed by atoms with van der Waals surface area (Å²) in [6.07, 6.45) is 1.93. The molecule has 114 valence electrons. The Hall–Kier alpha value is -2.81. The summed E-state index contributed by atoms with van der Waals surface area (Å²) in [5.74, 6) is 0.701. The molecule has 0 unspecified atom stereocenters. The molecule has 4 aromatic rings. The van der Waals surface area contributed by atoms with Crippen LogP contribution >= 0.6 is 0 Å². The molecule has 0 fully saturated rings. The molecule has 0 bridgehead atoms. The summed E-state index contributed by atoms with van der Waals surface area (Å²) in [6, 6.07) is 19.4. The van der Waals surface area contributed by atoms with Gasteiger partial charge >= 0.3 is 0 Å². The number of benzene rings is 3. The number of rotatable bonds is 3. The SMILES string of the molecule is COc1cccc2cc(Cn3ccc4c(F)cccc43)ccc12. The maximum Gasteiger partial charge on any atom is 0.132 e.